The molecule has 2 unspecified atom stereocenters. The van der Waals surface area contributed by atoms with Crippen LogP contribution in [0.25, 0.3) is 0 Å². The molecule has 0 aliphatic carbocycles. The summed E-state index contributed by atoms with van der Waals surface area (Å²) in [4.78, 5) is 0. The SMILES string of the molecule is CCC(C)SCC(Cc1c(Br)c(C)nn1C)NC. The van der Waals surface area contributed by atoms with Gasteiger partial charge in [0.15, 0.2) is 0 Å². The third-order valence-corrected chi connectivity index (χ3v) is 5.80. The number of hydrogen-bond acceptors (Lipinski definition) is 3. The van der Waals surface area contributed by atoms with Gasteiger partial charge in [-0.15, -0.1) is 0 Å². The number of hydrogen-bond donors (Lipinski definition) is 1. The van der Waals surface area contributed by atoms with Gasteiger partial charge in [-0.25, -0.2) is 0 Å². The summed E-state index contributed by atoms with van der Waals surface area (Å²) in [7, 11) is 4.06. The van der Waals surface area contributed by atoms with Gasteiger partial charge in [0.2, 0.25) is 0 Å². The number of likely N-dealkylation sites (N-methyl/N-ethyl adjacent to an activating group) is 1. The molecule has 5 heteroatoms. The molecule has 0 aliphatic rings. The topological polar surface area (TPSA) is 29.9 Å². The highest BCUT2D eigenvalue weighted by Crippen LogP contribution is 2.23. The maximum absolute atomic E-state index is 4.44. The number of halogens is 1. The van der Waals surface area contributed by atoms with Crippen LogP contribution in [0.3, 0.4) is 0 Å². The van der Waals surface area contributed by atoms with Gasteiger partial charge in [0.05, 0.1) is 15.9 Å². The first-order chi connectivity index (χ1) is 8.49. The zero-order valence-corrected chi connectivity index (χ0v) is 14.4. The first kappa shape index (κ1) is 16.1. The summed E-state index contributed by atoms with van der Waals surface area (Å²) in [6.07, 6.45) is 2.24. The quantitative estimate of drug-likeness (QED) is 0.831. The lowest BCUT2D eigenvalue weighted by Crippen LogP contribution is -2.31. The fraction of sp³-hybridized carbons (Fsp3) is 0.769. The van der Waals surface area contributed by atoms with Crippen molar-refractivity contribution in [3.8, 4) is 0 Å². The second-order valence-electron chi connectivity index (χ2n) is 4.71. The average molecular weight is 334 g/mol. The number of aromatic nitrogens is 2. The van der Waals surface area contributed by atoms with Gasteiger partial charge in [-0.2, -0.15) is 16.9 Å². The minimum atomic E-state index is 0.495. The largest absolute Gasteiger partial charge is 0.316 e. The first-order valence-electron chi connectivity index (χ1n) is 6.46. The van der Waals surface area contributed by atoms with Crippen LogP contribution in [0.5, 0.6) is 0 Å². The van der Waals surface area contributed by atoms with Crippen LogP contribution in [-0.4, -0.2) is 33.9 Å². The van der Waals surface area contributed by atoms with Crippen molar-refractivity contribution >= 4 is 27.7 Å². The highest BCUT2D eigenvalue weighted by Gasteiger charge is 2.16. The maximum atomic E-state index is 4.44. The Morgan fingerprint density at radius 3 is 2.61 bits per heavy atom. The smallest absolute Gasteiger partial charge is 0.0738 e. The van der Waals surface area contributed by atoms with Crippen LogP contribution in [0, 0.1) is 6.92 Å². The fourth-order valence-corrected chi connectivity index (χ4v) is 3.36. The van der Waals surface area contributed by atoms with E-state index in [1.54, 1.807) is 0 Å². The Hall–Kier alpha value is -0.0000000000000000763. The van der Waals surface area contributed by atoms with Crippen LogP contribution in [0.1, 0.15) is 31.7 Å². The Morgan fingerprint density at radius 2 is 2.17 bits per heavy atom. The average Bonchev–Trinajstić information content (AvgIpc) is 2.59. The summed E-state index contributed by atoms with van der Waals surface area (Å²) >= 11 is 5.67. The molecule has 0 aliphatic heterocycles. The molecule has 3 nitrogen and oxygen atoms in total. The molecule has 18 heavy (non-hydrogen) atoms. The van der Waals surface area contributed by atoms with E-state index in [2.05, 4.69) is 40.2 Å². The highest BCUT2D eigenvalue weighted by molar-refractivity contribution is 9.10. The number of rotatable bonds is 7. The predicted octanol–water partition coefficient (Wildman–Crippen LogP) is 3.15. The molecule has 0 saturated carbocycles. The Bertz CT molecular complexity index is 379. The second kappa shape index (κ2) is 7.56. The zero-order chi connectivity index (χ0) is 13.7. The summed E-state index contributed by atoms with van der Waals surface area (Å²) in [5.41, 5.74) is 2.34. The molecule has 1 heterocycles. The van der Waals surface area contributed by atoms with Crippen LogP contribution in [0.15, 0.2) is 4.47 Å². The van der Waals surface area contributed by atoms with Crippen molar-refractivity contribution in [1.82, 2.24) is 15.1 Å². The van der Waals surface area contributed by atoms with Gasteiger partial charge in [0, 0.05) is 30.5 Å². The van der Waals surface area contributed by atoms with Crippen LogP contribution >= 0.6 is 27.7 Å². The van der Waals surface area contributed by atoms with E-state index in [1.165, 1.54) is 12.1 Å². The molecule has 0 amide bonds. The molecule has 0 aromatic carbocycles. The van der Waals surface area contributed by atoms with E-state index in [1.807, 2.05) is 37.5 Å². The Morgan fingerprint density at radius 1 is 1.50 bits per heavy atom. The summed E-state index contributed by atoms with van der Waals surface area (Å²) < 4.78 is 3.14. The summed E-state index contributed by atoms with van der Waals surface area (Å²) in [6.45, 7) is 6.57. The van der Waals surface area contributed by atoms with E-state index in [-0.39, 0.29) is 0 Å². The molecule has 1 aromatic heterocycles. The lowest BCUT2D eigenvalue weighted by Gasteiger charge is -2.18. The molecule has 0 bridgehead atoms. The monoisotopic (exact) mass is 333 g/mol. The summed E-state index contributed by atoms with van der Waals surface area (Å²) in [5.74, 6) is 1.14. The molecule has 0 fully saturated rings. The van der Waals surface area contributed by atoms with Gasteiger partial charge < -0.3 is 5.32 Å². The van der Waals surface area contributed by atoms with Crippen molar-refractivity contribution in [3.05, 3.63) is 15.9 Å². The Labute approximate surface area is 123 Å². The fourth-order valence-electron chi connectivity index (χ4n) is 1.78. The second-order valence-corrected chi connectivity index (χ2v) is 6.98. The molecule has 0 radical (unpaired) electrons. The van der Waals surface area contributed by atoms with E-state index < -0.39 is 0 Å². The lowest BCUT2D eigenvalue weighted by atomic mass is 10.2. The van der Waals surface area contributed by atoms with Gasteiger partial charge in [-0.1, -0.05) is 13.8 Å². The van der Waals surface area contributed by atoms with Crippen molar-refractivity contribution in [2.75, 3.05) is 12.8 Å². The standard InChI is InChI=1S/C13H24BrN3S/c1-6-9(2)18-8-11(15-4)7-12-13(14)10(3)16-17(12)5/h9,11,15H,6-8H2,1-5H3. The van der Waals surface area contributed by atoms with Crippen molar-refractivity contribution in [2.45, 2.75) is 44.9 Å². The van der Waals surface area contributed by atoms with Gasteiger partial charge in [0.25, 0.3) is 0 Å². The summed E-state index contributed by atoms with van der Waals surface area (Å²) in [6, 6.07) is 0.495. The van der Waals surface area contributed by atoms with Crippen molar-refractivity contribution in [2.24, 2.45) is 7.05 Å². The van der Waals surface area contributed by atoms with Crippen LogP contribution in [0.2, 0.25) is 0 Å². The van der Waals surface area contributed by atoms with E-state index in [4.69, 9.17) is 0 Å². The molecule has 1 aromatic rings. The normalized spacial score (nSPS) is 14.8. The molecule has 0 saturated heterocycles. The van der Waals surface area contributed by atoms with Crippen molar-refractivity contribution < 1.29 is 0 Å². The molecule has 1 N–H and O–H groups in total. The molecule has 104 valence electrons. The molecular formula is C13H24BrN3S. The molecule has 2 atom stereocenters. The Balaban J connectivity index is 2.62. The number of nitrogens with one attached hydrogen (secondary N) is 1. The van der Waals surface area contributed by atoms with Crippen LogP contribution in [-0.2, 0) is 13.5 Å². The lowest BCUT2D eigenvalue weighted by molar-refractivity contribution is 0.580. The minimum Gasteiger partial charge on any atom is -0.316 e. The van der Waals surface area contributed by atoms with Crippen molar-refractivity contribution in [3.63, 3.8) is 0 Å². The number of thioether (sulfide) groups is 1. The van der Waals surface area contributed by atoms with E-state index in [0.29, 0.717) is 6.04 Å². The highest BCUT2D eigenvalue weighted by atomic mass is 79.9. The Kier molecular flexibility index (Phi) is 6.74. The van der Waals surface area contributed by atoms with Gasteiger partial charge in [-0.3, -0.25) is 4.68 Å². The third-order valence-electron chi connectivity index (χ3n) is 3.27. The zero-order valence-electron chi connectivity index (χ0n) is 12.0. The number of nitrogens with zero attached hydrogens (tertiary/aromatic N) is 2. The van der Waals surface area contributed by atoms with Gasteiger partial charge in [0.1, 0.15) is 0 Å². The summed E-state index contributed by atoms with van der Waals surface area (Å²) in [5, 5.41) is 8.59. The molecule has 1 rings (SSSR count). The predicted molar refractivity (Wildman–Crippen MR) is 84.4 cm³/mol. The van der Waals surface area contributed by atoms with E-state index >= 15 is 0 Å². The van der Waals surface area contributed by atoms with Gasteiger partial charge >= 0.3 is 0 Å². The van der Waals surface area contributed by atoms with Crippen LogP contribution < -0.4 is 5.32 Å². The minimum absolute atomic E-state index is 0.495. The van der Waals surface area contributed by atoms with Crippen LogP contribution in [0.4, 0.5) is 0 Å². The maximum Gasteiger partial charge on any atom is 0.0738 e. The van der Waals surface area contributed by atoms with E-state index in [9.17, 15) is 0 Å². The van der Waals surface area contributed by atoms with Gasteiger partial charge in [-0.05, 0) is 36.3 Å². The number of aryl methyl sites for hydroxylation is 2. The molecular weight excluding hydrogens is 310 g/mol. The first-order valence-corrected chi connectivity index (χ1v) is 8.30. The van der Waals surface area contributed by atoms with E-state index in [0.717, 1.165) is 27.6 Å². The molecule has 0 spiro atoms. The van der Waals surface area contributed by atoms with Crippen molar-refractivity contribution in [1.29, 1.82) is 0 Å². The third kappa shape index (κ3) is 4.28.